The zero-order valence-corrected chi connectivity index (χ0v) is 12.8. The number of aliphatic hydroxyl groups is 1. The van der Waals surface area contributed by atoms with Gasteiger partial charge in [0.1, 0.15) is 5.78 Å². The predicted octanol–water partition coefficient (Wildman–Crippen LogP) is 1.66. The van der Waals surface area contributed by atoms with Gasteiger partial charge in [-0.3, -0.25) is 14.9 Å². The zero-order valence-electron chi connectivity index (χ0n) is 12.8. The third-order valence-corrected chi connectivity index (χ3v) is 4.16. The predicted molar refractivity (Wildman–Crippen MR) is 83.7 cm³/mol. The molecule has 1 aliphatic heterocycles. The number of hydrogen-bond donors (Lipinski definition) is 1. The van der Waals surface area contributed by atoms with Crippen molar-refractivity contribution >= 4 is 5.78 Å². The smallest absolute Gasteiger partial charge is 0.261 e. The second-order valence-corrected chi connectivity index (χ2v) is 5.86. The molecule has 0 bridgehead atoms. The molecule has 2 aliphatic rings. The Kier molecular flexibility index (Phi) is 4.15. The van der Waals surface area contributed by atoms with Gasteiger partial charge in [-0.15, -0.1) is 0 Å². The number of rotatable bonds is 4. The van der Waals surface area contributed by atoms with Crippen LogP contribution in [0.1, 0.15) is 24.0 Å². The van der Waals surface area contributed by atoms with Crippen LogP contribution in [0, 0.1) is 21.4 Å². The van der Waals surface area contributed by atoms with Gasteiger partial charge >= 0.3 is 0 Å². The maximum Gasteiger partial charge on any atom is 0.261 e. The second-order valence-electron chi connectivity index (χ2n) is 5.86. The molecule has 0 aromatic heterocycles. The van der Waals surface area contributed by atoms with E-state index < -0.39 is 11.2 Å². The molecule has 7 nitrogen and oxygen atoms in total. The average Bonchev–Trinajstić information content (AvgIpc) is 2.83. The van der Waals surface area contributed by atoms with Gasteiger partial charge in [0, 0.05) is 19.2 Å². The molecule has 0 amide bonds. The average molecular weight is 325 g/mol. The van der Waals surface area contributed by atoms with Gasteiger partial charge in [-0.25, -0.2) is 0 Å². The molecule has 3 rings (SSSR count). The SMILES string of the molecule is N#CCc1cccc(CN2C=C3CC(=O)CC([N+](=O)[O-])=C3C2O)c1. The van der Waals surface area contributed by atoms with E-state index in [1.165, 1.54) is 0 Å². The highest BCUT2D eigenvalue weighted by atomic mass is 16.6. The molecule has 1 aromatic rings. The van der Waals surface area contributed by atoms with Crippen molar-refractivity contribution in [3.05, 3.63) is 68.5 Å². The van der Waals surface area contributed by atoms with Crippen LogP contribution in [0.2, 0.25) is 0 Å². The molecule has 24 heavy (non-hydrogen) atoms. The Morgan fingerprint density at radius 3 is 2.83 bits per heavy atom. The number of hydrogen-bond acceptors (Lipinski definition) is 6. The molecule has 0 fully saturated rings. The van der Waals surface area contributed by atoms with Crippen molar-refractivity contribution < 1.29 is 14.8 Å². The van der Waals surface area contributed by atoms with Crippen LogP contribution >= 0.6 is 0 Å². The minimum absolute atomic E-state index is 0.106. The summed E-state index contributed by atoms with van der Waals surface area (Å²) in [7, 11) is 0. The lowest BCUT2D eigenvalue weighted by Crippen LogP contribution is -2.30. The number of carbonyl (C=O) groups is 1. The summed E-state index contributed by atoms with van der Waals surface area (Å²) in [5, 5.41) is 30.4. The minimum Gasteiger partial charge on any atom is -0.369 e. The summed E-state index contributed by atoms with van der Waals surface area (Å²) in [5.41, 5.74) is 2.29. The lowest BCUT2D eigenvalue weighted by Gasteiger charge is -2.22. The van der Waals surface area contributed by atoms with E-state index in [2.05, 4.69) is 6.07 Å². The number of nitro groups is 1. The monoisotopic (exact) mass is 325 g/mol. The van der Waals surface area contributed by atoms with Crippen LogP contribution in [0.25, 0.3) is 0 Å². The number of ketones is 1. The molecule has 7 heteroatoms. The molecule has 1 heterocycles. The van der Waals surface area contributed by atoms with Crippen LogP contribution in [0.4, 0.5) is 0 Å². The summed E-state index contributed by atoms with van der Waals surface area (Å²) in [5.74, 6) is -0.221. The Bertz CT molecular complexity index is 819. The van der Waals surface area contributed by atoms with E-state index in [-0.39, 0.29) is 29.9 Å². The fourth-order valence-electron chi connectivity index (χ4n) is 3.14. The molecule has 0 saturated carbocycles. The number of Topliss-reactive ketones (excluding diaryl/α,β-unsaturated/α-hetero) is 1. The summed E-state index contributed by atoms with van der Waals surface area (Å²) in [4.78, 5) is 23.9. The first-order chi connectivity index (χ1) is 11.5. The third kappa shape index (κ3) is 2.92. The van der Waals surface area contributed by atoms with Gasteiger partial charge in [0.05, 0.1) is 29.4 Å². The number of nitrogens with zero attached hydrogens (tertiary/aromatic N) is 3. The Hall–Kier alpha value is -2.98. The van der Waals surface area contributed by atoms with Gasteiger partial charge in [-0.1, -0.05) is 24.3 Å². The van der Waals surface area contributed by atoms with Gasteiger partial charge in [0.25, 0.3) is 5.70 Å². The van der Waals surface area contributed by atoms with Crippen molar-refractivity contribution in [3.8, 4) is 6.07 Å². The van der Waals surface area contributed by atoms with E-state index in [0.717, 1.165) is 11.1 Å². The Morgan fingerprint density at radius 1 is 1.38 bits per heavy atom. The highest BCUT2D eigenvalue weighted by molar-refractivity contribution is 5.86. The van der Waals surface area contributed by atoms with Crippen LogP contribution in [0.5, 0.6) is 0 Å². The summed E-state index contributed by atoms with van der Waals surface area (Å²) in [6.45, 7) is 0.340. The van der Waals surface area contributed by atoms with Gasteiger partial charge in [0.15, 0.2) is 6.23 Å². The van der Waals surface area contributed by atoms with E-state index >= 15 is 0 Å². The molecule has 1 aliphatic carbocycles. The van der Waals surface area contributed by atoms with Crippen molar-refractivity contribution in [1.82, 2.24) is 4.90 Å². The first kappa shape index (κ1) is 15.9. The Morgan fingerprint density at radius 2 is 2.12 bits per heavy atom. The van der Waals surface area contributed by atoms with Crippen molar-refractivity contribution in [2.75, 3.05) is 0 Å². The maximum atomic E-state index is 11.7. The summed E-state index contributed by atoms with van der Waals surface area (Å²) < 4.78 is 0. The normalized spacial score (nSPS) is 19.8. The van der Waals surface area contributed by atoms with Crippen LogP contribution in [0.3, 0.4) is 0 Å². The standard InChI is InChI=1S/C17H15N3O4/c18-5-4-11-2-1-3-12(6-11)9-19-10-13-7-14(21)8-15(20(23)24)16(13)17(19)22/h1-3,6,10,17,22H,4,7-9H2. The Labute approximate surface area is 138 Å². The molecule has 0 saturated heterocycles. The molecule has 122 valence electrons. The van der Waals surface area contributed by atoms with E-state index in [1.807, 2.05) is 24.3 Å². The highest BCUT2D eigenvalue weighted by Gasteiger charge is 2.40. The lowest BCUT2D eigenvalue weighted by atomic mass is 9.91. The number of nitriles is 1. The van der Waals surface area contributed by atoms with E-state index in [4.69, 9.17) is 5.26 Å². The maximum absolute atomic E-state index is 11.7. The molecule has 0 radical (unpaired) electrons. The minimum atomic E-state index is -1.13. The second kappa shape index (κ2) is 6.26. The first-order valence-corrected chi connectivity index (χ1v) is 7.48. The van der Waals surface area contributed by atoms with E-state index in [9.17, 15) is 20.0 Å². The summed E-state index contributed by atoms with van der Waals surface area (Å²) in [6, 6.07) is 9.49. The molecular formula is C17H15N3O4. The number of aliphatic hydroxyl groups excluding tert-OH is 1. The van der Waals surface area contributed by atoms with Crippen molar-refractivity contribution in [3.63, 3.8) is 0 Å². The van der Waals surface area contributed by atoms with E-state index in [1.54, 1.807) is 11.1 Å². The molecule has 1 N–H and O–H groups in total. The molecule has 1 unspecified atom stereocenters. The number of benzene rings is 1. The van der Waals surface area contributed by atoms with Gasteiger partial charge < -0.3 is 10.0 Å². The van der Waals surface area contributed by atoms with Crippen molar-refractivity contribution in [1.29, 1.82) is 5.26 Å². The quantitative estimate of drug-likeness (QED) is 0.666. The summed E-state index contributed by atoms with van der Waals surface area (Å²) in [6.07, 6.45) is 0.644. The van der Waals surface area contributed by atoms with Crippen LogP contribution < -0.4 is 0 Å². The molecule has 0 spiro atoms. The Balaban J connectivity index is 1.88. The van der Waals surface area contributed by atoms with Gasteiger partial charge in [0.2, 0.25) is 0 Å². The fraction of sp³-hybridized carbons (Fsp3) is 0.294. The van der Waals surface area contributed by atoms with Crippen molar-refractivity contribution in [2.24, 2.45) is 0 Å². The summed E-state index contributed by atoms with van der Waals surface area (Å²) >= 11 is 0. The largest absolute Gasteiger partial charge is 0.369 e. The van der Waals surface area contributed by atoms with Crippen molar-refractivity contribution in [2.45, 2.75) is 32.0 Å². The highest BCUT2D eigenvalue weighted by Crippen LogP contribution is 2.37. The van der Waals surface area contributed by atoms with Crippen LogP contribution in [-0.2, 0) is 17.8 Å². The lowest BCUT2D eigenvalue weighted by molar-refractivity contribution is -0.428. The third-order valence-electron chi connectivity index (χ3n) is 4.16. The van der Waals surface area contributed by atoms with Gasteiger partial charge in [-0.2, -0.15) is 5.26 Å². The number of allylic oxidation sites excluding steroid dienone is 1. The molecule has 1 atom stereocenters. The number of fused-ring (bicyclic) bond motifs is 1. The van der Waals surface area contributed by atoms with E-state index in [0.29, 0.717) is 18.5 Å². The fourth-order valence-corrected chi connectivity index (χ4v) is 3.14. The van der Waals surface area contributed by atoms with Gasteiger partial charge in [-0.05, 0) is 16.7 Å². The first-order valence-electron chi connectivity index (χ1n) is 7.48. The van der Waals surface area contributed by atoms with Crippen LogP contribution in [0.15, 0.2) is 47.3 Å². The molecule has 1 aromatic carbocycles. The molecular weight excluding hydrogens is 310 g/mol. The number of carbonyl (C=O) groups excluding carboxylic acids is 1. The zero-order chi connectivity index (χ0) is 17.3. The van der Waals surface area contributed by atoms with Crippen LogP contribution in [-0.4, -0.2) is 26.9 Å². The topological polar surface area (TPSA) is 107 Å².